The highest BCUT2D eigenvalue weighted by atomic mass is 28.3. The molecule has 0 aromatic heterocycles. The van der Waals surface area contributed by atoms with Crippen molar-refractivity contribution in [3.8, 4) is 22.6 Å². The van der Waals surface area contributed by atoms with Gasteiger partial charge in [-0.05, 0) is 45.8 Å². The van der Waals surface area contributed by atoms with Gasteiger partial charge in [0.2, 0.25) is 0 Å². The maximum Gasteiger partial charge on any atom is 0.191 e. The van der Waals surface area contributed by atoms with Crippen LogP contribution in [0.1, 0.15) is 0 Å². The Morgan fingerprint density at radius 3 is 1.38 bits per heavy atom. The summed E-state index contributed by atoms with van der Waals surface area (Å²) < 4.78 is 29.9. The van der Waals surface area contributed by atoms with E-state index in [1.807, 2.05) is 12.1 Å². The maximum atomic E-state index is 6.31. The quantitative estimate of drug-likeness (QED) is 0.0803. The van der Waals surface area contributed by atoms with Crippen LogP contribution in [0.15, 0.2) is 72.8 Å². The molecule has 0 heterocycles. The van der Waals surface area contributed by atoms with E-state index in [1.54, 1.807) is 0 Å². The second-order valence-electron chi connectivity index (χ2n) is 12.6. The zero-order valence-corrected chi connectivity index (χ0v) is 26.9. The molecule has 7 heteroatoms. The largest absolute Gasteiger partial charge is 0.467 e. The number of rotatable bonds is 15. The van der Waals surface area contributed by atoms with Crippen LogP contribution in [0.5, 0.6) is 11.5 Å². The van der Waals surface area contributed by atoms with Gasteiger partial charge in [0.05, 0.1) is 0 Å². The second-order valence-corrected chi connectivity index (χ2v) is 23.8. The van der Waals surface area contributed by atoms with Gasteiger partial charge in [-0.1, -0.05) is 99.9 Å². The molecule has 4 aromatic carbocycles. The zero-order valence-electron chi connectivity index (χ0n) is 24.9. The topological polar surface area (TPSA) is 46.2 Å². The molecule has 0 radical (unpaired) electrons. The van der Waals surface area contributed by atoms with Gasteiger partial charge >= 0.3 is 0 Å². The van der Waals surface area contributed by atoms with Gasteiger partial charge in [-0.25, -0.2) is 0 Å². The minimum Gasteiger partial charge on any atom is -0.467 e. The fraction of sp³-hybridized carbons (Fsp3) is 0.394. The molecule has 0 amide bonds. The molecule has 0 bridgehead atoms. The highest BCUT2D eigenvalue weighted by molar-refractivity contribution is 6.76. The Balaban J connectivity index is 1.62. The molecule has 0 fully saturated rings. The average Bonchev–Trinajstić information content (AvgIpc) is 2.91. The van der Waals surface area contributed by atoms with Crippen molar-refractivity contribution in [3.05, 3.63) is 72.8 Å². The van der Waals surface area contributed by atoms with E-state index in [0.717, 1.165) is 56.3 Å². The summed E-state index contributed by atoms with van der Waals surface area (Å²) in [6, 6.07) is 27.2. The fourth-order valence-corrected chi connectivity index (χ4v) is 5.95. The predicted molar refractivity (Wildman–Crippen MR) is 172 cm³/mol. The zero-order chi connectivity index (χ0) is 28.6. The first-order valence-electron chi connectivity index (χ1n) is 14.2. The molecule has 0 aliphatic carbocycles. The Hall–Kier alpha value is -2.69. The van der Waals surface area contributed by atoms with Gasteiger partial charge in [0, 0.05) is 40.5 Å². The summed E-state index contributed by atoms with van der Waals surface area (Å²) in [5.74, 6) is 1.50. The Kier molecular flexibility index (Phi) is 10.4. The summed E-state index contributed by atoms with van der Waals surface area (Å²) in [6.45, 7) is 16.0. The Labute approximate surface area is 241 Å². The van der Waals surface area contributed by atoms with Crippen LogP contribution >= 0.6 is 0 Å². The summed E-state index contributed by atoms with van der Waals surface area (Å²) >= 11 is 0. The minimum absolute atomic E-state index is 0.0963. The summed E-state index contributed by atoms with van der Waals surface area (Å²) in [5.41, 5.74) is 1.97. The molecule has 0 saturated heterocycles. The first-order valence-corrected chi connectivity index (χ1v) is 21.6. The summed E-state index contributed by atoms with van der Waals surface area (Å²) in [6.07, 6.45) is 0. The molecular weight excluding hydrogens is 533 g/mol. The van der Waals surface area contributed by atoms with Crippen LogP contribution in [0.4, 0.5) is 0 Å². The van der Waals surface area contributed by atoms with Crippen molar-refractivity contribution in [2.45, 2.75) is 51.4 Å². The second kappa shape index (κ2) is 13.8. The van der Waals surface area contributed by atoms with E-state index in [1.165, 1.54) is 0 Å². The average molecular weight is 577 g/mol. The smallest absolute Gasteiger partial charge is 0.191 e. The van der Waals surface area contributed by atoms with Crippen molar-refractivity contribution in [2.24, 2.45) is 0 Å². The third-order valence-electron chi connectivity index (χ3n) is 6.79. The molecule has 4 rings (SSSR count). The van der Waals surface area contributed by atoms with Crippen molar-refractivity contribution >= 4 is 37.7 Å². The van der Waals surface area contributed by atoms with E-state index in [-0.39, 0.29) is 20.4 Å². The molecular formula is C33H44O5Si2. The minimum atomic E-state index is -1.17. The van der Waals surface area contributed by atoms with Gasteiger partial charge in [-0.15, -0.1) is 0 Å². The van der Waals surface area contributed by atoms with Crippen LogP contribution in [0.2, 0.25) is 51.4 Å². The van der Waals surface area contributed by atoms with Crippen molar-refractivity contribution in [1.82, 2.24) is 0 Å². The first kappa shape index (κ1) is 30.3. The highest BCUT2D eigenvalue weighted by Crippen LogP contribution is 2.45. The normalized spacial score (nSPS) is 12.2. The van der Waals surface area contributed by atoms with Gasteiger partial charge in [-0.2, -0.15) is 0 Å². The van der Waals surface area contributed by atoms with Crippen LogP contribution in [0, 0.1) is 0 Å². The number of fused-ring (bicyclic) bond motifs is 2. The molecule has 0 spiro atoms. The predicted octanol–water partition coefficient (Wildman–Crippen LogP) is 9.02. The van der Waals surface area contributed by atoms with Gasteiger partial charge in [0.15, 0.2) is 20.4 Å². The number of ether oxygens (including phenoxy) is 5. The van der Waals surface area contributed by atoms with E-state index < -0.39 is 16.1 Å². The van der Waals surface area contributed by atoms with Crippen molar-refractivity contribution in [2.75, 3.05) is 33.6 Å². The Morgan fingerprint density at radius 2 is 0.900 bits per heavy atom. The highest BCUT2D eigenvalue weighted by Gasteiger charge is 2.20. The van der Waals surface area contributed by atoms with Crippen LogP contribution in [-0.4, -0.2) is 49.7 Å². The summed E-state index contributed by atoms with van der Waals surface area (Å²) in [4.78, 5) is 0. The molecule has 0 saturated carbocycles. The number of hydrogen-bond donors (Lipinski definition) is 0. The summed E-state index contributed by atoms with van der Waals surface area (Å²) in [5, 5.41) is 4.45. The molecule has 4 aromatic rings. The molecule has 40 heavy (non-hydrogen) atoms. The molecule has 0 N–H and O–H groups in total. The molecule has 214 valence electrons. The van der Waals surface area contributed by atoms with Crippen LogP contribution in [0.25, 0.3) is 32.7 Å². The lowest BCUT2D eigenvalue weighted by molar-refractivity contribution is -0.0959. The van der Waals surface area contributed by atoms with Crippen molar-refractivity contribution in [1.29, 1.82) is 0 Å². The lowest BCUT2D eigenvalue weighted by Crippen LogP contribution is -2.22. The van der Waals surface area contributed by atoms with Gasteiger partial charge in [0.25, 0.3) is 0 Å². The van der Waals surface area contributed by atoms with E-state index >= 15 is 0 Å². The Bertz CT molecular complexity index is 1390. The SMILES string of the molecule is C[Si](C)(C)CCOCOCOc1ccc2ccccc2c1-c1c(OCOCC[Si](C)(C)C)ccc2ccccc12. The third-order valence-corrected chi connectivity index (χ3v) is 10.2. The number of hydrogen-bond acceptors (Lipinski definition) is 5. The van der Waals surface area contributed by atoms with Crippen LogP contribution in [-0.2, 0) is 14.2 Å². The van der Waals surface area contributed by atoms with Crippen molar-refractivity contribution in [3.63, 3.8) is 0 Å². The first-order chi connectivity index (χ1) is 19.1. The molecule has 0 aliphatic heterocycles. The van der Waals surface area contributed by atoms with E-state index in [4.69, 9.17) is 23.7 Å². The Morgan fingerprint density at radius 1 is 0.475 bits per heavy atom. The van der Waals surface area contributed by atoms with Crippen LogP contribution in [0.3, 0.4) is 0 Å². The molecule has 0 unspecified atom stereocenters. The van der Waals surface area contributed by atoms with Gasteiger partial charge < -0.3 is 23.7 Å². The monoisotopic (exact) mass is 576 g/mol. The lowest BCUT2D eigenvalue weighted by Gasteiger charge is -2.20. The standard InChI is InChI=1S/C33H44O5Si2/c1-39(2,3)21-19-34-23-36-25-38-31-18-16-27-12-8-10-14-29(27)33(31)32-28-13-9-7-11-26(28)15-17-30(32)37-24-35-20-22-40(4,5)6/h7-18H,19-25H2,1-6H3. The lowest BCUT2D eigenvalue weighted by atomic mass is 9.92. The van der Waals surface area contributed by atoms with Gasteiger partial charge in [-0.3, -0.25) is 0 Å². The summed E-state index contributed by atoms with van der Waals surface area (Å²) in [7, 11) is -2.30. The molecule has 0 atom stereocenters. The van der Waals surface area contributed by atoms with E-state index in [0.29, 0.717) is 13.2 Å². The van der Waals surface area contributed by atoms with Gasteiger partial charge in [0.1, 0.15) is 11.5 Å². The van der Waals surface area contributed by atoms with Crippen molar-refractivity contribution < 1.29 is 23.7 Å². The third kappa shape index (κ3) is 8.65. The molecule has 0 aliphatic rings. The fourth-order valence-electron chi connectivity index (χ4n) is 4.44. The number of benzene rings is 4. The van der Waals surface area contributed by atoms with E-state index in [2.05, 4.69) is 99.9 Å². The van der Waals surface area contributed by atoms with Crippen LogP contribution < -0.4 is 9.47 Å². The maximum absolute atomic E-state index is 6.31. The molecule has 5 nitrogen and oxygen atoms in total. The van der Waals surface area contributed by atoms with E-state index in [9.17, 15) is 0 Å².